The lowest BCUT2D eigenvalue weighted by molar-refractivity contribution is -0.125. The minimum Gasteiger partial charge on any atom is -0.352 e. The molecule has 1 aromatic rings. The van der Waals surface area contributed by atoms with Crippen LogP contribution < -0.4 is 16.4 Å². The molecule has 0 radical (unpaired) electrons. The molecule has 2 rings (SSSR count). The Balaban J connectivity index is 1.62. The molecular weight excluding hydrogens is 292 g/mol. The van der Waals surface area contributed by atoms with E-state index in [0.29, 0.717) is 0 Å². The van der Waals surface area contributed by atoms with Crippen LogP contribution >= 0.6 is 0 Å². The summed E-state index contributed by atoms with van der Waals surface area (Å²) in [4.78, 5) is 25.2. The van der Waals surface area contributed by atoms with Crippen molar-refractivity contribution in [2.75, 3.05) is 32.7 Å². The van der Waals surface area contributed by atoms with Gasteiger partial charge in [-0.25, -0.2) is 0 Å². The van der Waals surface area contributed by atoms with Crippen molar-refractivity contribution in [2.24, 2.45) is 5.73 Å². The molecular formula is C17H26N4O2. The lowest BCUT2D eigenvalue weighted by Gasteiger charge is -2.32. The minimum atomic E-state index is -0.309. The number of benzene rings is 1. The molecule has 0 atom stereocenters. The van der Waals surface area contributed by atoms with Crippen LogP contribution in [0.5, 0.6) is 0 Å². The van der Waals surface area contributed by atoms with Crippen LogP contribution in [-0.4, -0.2) is 55.5 Å². The summed E-state index contributed by atoms with van der Waals surface area (Å²) in [5.74, 6) is -0.453. The van der Waals surface area contributed by atoms with Gasteiger partial charge < -0.3 is 21.3 Å². The Labute approximate surface area is 137 Å². The fourth-order valence-electron chi connectivity index (χ4n) is 2.76. The van der Waals surface area contributed by atoms with Gasteiger partial charge in [-0.1, -0.05) is 30.3 Å². The third-order valence-corrected chi connectivity index (χ3v) is 4.14. The third kappa shape index (κ3) is 6.38. The van der Waals surface area contributed by atoms with Crippen molar-refractivity contribution in [1.82, 2.24) is 15.5 Å². The van der Waals surface area contributed by atoms with E-state index in [9.17, 15) is 9.59 Å². The molecule has 1 aromatic carbocycles. The van der Waals surface area contributed by atoms with E-state index in [0.717, 1.165) is 38.9 Å². The number of hydrogen-bond acceptors (Lipinski definition) is 4. The molecule has 1 fully saturated rings. The first-order chi connectivity index (χ1) is 11.2. The summed E-state index contributed by atoms with van der Waals surface area (Å²) in [5.41, 5.74) is 6.54. The van der Waals surface area contributed by atoms with Gasteiger partial charge in [-0.15, -0.1) is 0 Å². The number of carbonyl (C=O) groups is 2. The number of rotatable bonds is 7. The summed E-state index contributed by atoms with van der Waals surface area (Å²) < 4.78 is 0. The molecule has 23 heavy (non-hydrogen) atoms. The Morgan fingerprint density at radius 2 is 1.83 bits per heavy atom. The normalized spacial score (nSPS) is 16.0. The molecule has 6 heteroatoms. The standard InChI is InChI=1S/C17H26N4O2/c18-12-16(22)19-13-17(23)20-15-7-10-21(11-8-15)9-6-14-4-2-1-3-5-14/h1-5,15H,6-13,18H2,(H,19,22)(H,20,23). The summed E-state index contributed by atoms with van der Waals surface area (Å²) in [6.45, 7) is 2.95. The van der Waals surface area contributed by atoms with Crippen molar-refractivity contribution in [3.63, 3.8) is 0 Å². The van der Waals surface area contributed by atoms with Crippen molar-refractivity contribution < 1.29 is 9.59 Å². The van der Waals surface area contributed by atoms with Gasteiger partial charge in [0.25, 0.3) is 0 Å². The lowest BCUT2D eigenvalue weighted by Crippen LogP contribution is -2.48. The lowest BCUT2D eigenvalue weighted by atomic mass is 10.0. The molecule has 4 N–H and O–H groups in total. The van der Waals surface area contributed by atoms with Crippen LogP contribution in [0.25, 0.3) is 0 Å². The van der Waals surface area contributed by atoms with Gasteiger partial charge in [0.05, 0.1) is 13.1 Å². The summed E-state index contributed by atoms with van der Waals surface area (Å²) in [6.07, 6.45) is 2.96. The Morgan fingerprint density at radius 1 is 1.13 bits per heavy atom. The largest absolute Gasteiger partial charge is 0.352 e. The number of piperidine rings is 1. The van der Waals surface area contributed by atoms with Crippen molar-refractivity contribution in [3.8, 4) is 0 Å². The molecule has 6 nitrogen and oxygen atoms in total. The Bertz CT molecular complexity index is 499. The zero-order chi connectivity index (χ0) is 16.5. The van der Waals surface area contributed by atoms with Crippen molar-refractivity contribution in [1.29, 1.82) is 0 Å². The van der Waals surface area contributed by atoms with Crippen molar-refractivity contribution >= 4 is 11.8 Å². The summed E-state index contributed by atoms with van der Waals surface area (Å²) in [5, 5.41) is 5.45. The molecule has 1 aliphatic rings. The van der Waals surface area contributed by atoms with Gasteiger partial charge in [0.1, 0.15) is 0 Å². The summed E-state index contributed by atoms with van der Waals surface area (Å²) in [6, 6.07) is 10.7. The topological polar surface area (TPSA) is 87.5 Å². The number of likely N-dealkylation sites (tertiary alicyclic amines) is 1. The smallest absolute Gasteiger partial charge is 0.239 e. The van der Waals surface area contributed by atoms with Crippen LogP contribution in [0, 0.1) is 0 Å². The van der Waals surface area contributed by atoms with E-state index >= 15 is 0 Å². The van der Waals surface area contributed by atoms with Gasteiger partial charge in [0, 0.05) is 25.7 Å². The Kier molecular flexibility index (Phi) is 7.03. The fraction of sp³-hybridized carbons (Fsp3) is 0.529. The molecule has 0 spiro atoms. The average molecular weight is 318 g/mol. The number of carbonyl (C=O) groups excluding carboxylic acids is 2. The van der Waals surface area contributed by atoms with Gasteiger partial charge in [-0.3, -0.25) is 9.59 Å². The first-order valence-electron chi connectivity index (χ1n) is 8.20. The molecule has 126 valence electrons. The highest BCUT2D eigenvalue weighted by molar-refractivity contribution is 5.85. The second-order valence-electron chi connectivity index (χ2n) is 5.90. The molecule has 0 aromatic heterocycles. The average Bonchev–Trinajstić information content (AvgIpc) is 2.60. The van der Waals surface area contributed by atoms with Gasteiger partial charge in [-0.2, -0.15) is 0 Å². The second-order valence-corrected chi connectivity index (χ2v) is 5.90. The highest BCUT2D eigenvalue weighted by Gasteiger charge is 2.20. The van der Waals surface area contributed by atoms with Crippen LogP contribution in [0.4, 0.5) is 0 Å². The molecule has 0 bridgehead atoms. The van der Waals surface area contributed by atoms with Gasteiger partial charge in [0.2, 0.25) is 11.8 Å². The SMILES string of the molecule is NCC(=O)NCC(=O)NC1CCN(CCc2ccccc2)CC1. The van der Waals surface area contributed by atoms with E-state index in [4.69, 9.17) is 5.73 Å². The Hall–Kier alpha value is -1.92. The van der Waals surface area contributed by atoms with E-state index in [1.54, 1.807) is 0 Å². The minimum absolute atomic E-state index is 0.00422. The predicted octanol–water partition coefficient (Wildman–Crippen LogP) is -0.115. The van der Waals surface area contributed by atoms with Crippen LogP contribution in [0.3, 0.4) is 0 Å². The summed E-state index contributed by atoms with van der Waals surface area (Å²) in [7, 11) is 0. The predicted molar refractivity (Wildman–Crippen MR) is 89.8 cm³/mol. The maximum atomic E-state index is 11.7. The second kappa shape index (κ2) is 9.27. The zero-order valence-corrected chi connectivity index (χ0v) is 13.5. The molecule has 1 saturated heterocycles. The van der Waals surface area contributed by atoms with Crippen LogP contribution in [0.1, 0.15) is 18.4 Å². The fourth-order valence-corrected chi connectivity index (χ4v) is 2.76. The van der Waals surface area contributed by atoms with E-state index < -0.39 is 0 Å². The number of nitrogens with zero attached hydrogens (tertiary/aromatic N) is 1. The first-order valence-corrected chi connectivity index (χ1v) is 8.20. The zero-order valence-electron chi connectivity index (χ0n) is 13.5. The third-order valence-electron chi connectivity index (χ3n) is 4.14. The highest BCUT2D eigenvalue weighted by atomic mass is 16.2. The number of nitrogens with two attached hydrogens (primary N) is 1. The van der Waals surface area contributed by atoms with E-state index in [1.807, 2.05) is 6.07 Å². The van der Waals surface area contributed by atoms with Crippen LogP contribution in [0.15, 0.2) is 30.3 Å². The van der Waals surface area contributed by atoms with Crippen molar-refractivity contribution in [3.05, 3.63) is 35.9 Å². The monoisotopic (exact) mass is 318 g/mol. The van der Waals surface area contributed by atoms with Crippen LogP contribution in [0.2, 0.25) is 0 Å². The first kappa shape index (κ1) is 17.4. The van der Waals surface area contributed by atoms with Gasteiger partial charge >= 0.3 is 0 Å². The van der Waals surface area contributed by atoms with E-state index in [1.165, 1.54) is 5.56 Å². The number of hydrogen-bond donors (Lipinski definition) is 3. The quantitative estimate of drug-likeness (QED) is 0.654. The molecule has 0 saturated carbocycles. The van der Waals surface area contributed by atoms with Gasteiger partial charge in [-0.05, 0) is 24.8 Å². The molecule has 2 amide bonds. The maximum Gasteiger partial charge on any atom is 0.239 e. The van der Waals surface area contributed by atoms with Crippen LogP contribution in [-0.2, 0) is 16.0 Å². The number of amides is 2. The molecule has 0 aliphatic carbocycles. The van der Waals surface area contributed by atoms with Crippen molar-refractivity contribution in [2.45, 2.75) is 25.3 Å². The molecule has 1 aliphatic heterocycles. The van der Waals surface area contributed by atoms with Gasteiger partial charge in [0.15, 0.2) is 0 Å². The highest BCUT2D eigenvalue weighted by Crippen LogP contribution is 2.11. The summed E-state index contributed by atoms with van der Waals surface area (Å²) >= 11 is 0. The Morgan fingerprint density at radius 3 is 2.48 bits per heavy atom. The van der Waals surface area contributed by atoms with E-state index in [-0.39, 0.29) is 30.9 Å². The molecule has 0 unspecified atom stereocenters. The molecule has 1 heterocycles. The number of nitrogens with one attached hydrogen (secondary N) is 2. The maximum absolute atomic E-state index is 11.7. The van der Waals surface area contributed by atoms with E-state index in [2.05, 4.69) is 39.8 Å².